The second kappa shape index (κ2) is 9.52. The van der Waals surface area contributed by atoms with Crippen molar-refractivity contribution in [3.63, 3.8) is 0 Å². The second-order valence-corrected chi connectivity index (χ2v) is 7.15. The fourth-order valence-electron chi connectivity index (χ4n) is 2.87. The van der Waals surface area contributed by atoms with E-state index < -0.39 is 0 Å². The summed E-state index contributed by atoms with van der Waals surface area (Å²) in [6, 6.07) is 14.9. The Bertz CT molecular complexity index is 801. The Balaban J connectivity index is 1.52. The highest BCUT2D eigenvalue weighted by molar-refractivity contribution is 7.80. The molecule has 1 aliphatic heterocycles. The van der Waals surface area contributed by atoms with Gasteiger partial charge in [0.1, 0.15) is 5.75 Å². The van der Waals surface area contributed by atoms with Gasteiger partial charge in [0.05, 0.1) is 19.3 Å². The predicted molar refractivity (Wildman–Crippen MR) is 115 cm³/mol. The van der Waals surface area contributed by atoms with Gasteiger partial charge >= 0.3 is 0 Å². The minimum atomic E-state index is -0.265. The average Bonchev–Trinajstić information content (AvgIpc) is 2.69. The summed E-state index contributed by atoms with van der Waals surface area (Å²) in [6.45, 7) is 7.20. The van der Waals surface area contributed by atoms with Crippen LogP contribution in [0.2, 0.25) is 0 Å². The number of hydrogen-bond acceptors (Lipinski definition) is 5. The summed E-state index contributed by atoms with van der Waals surface area (Å²) in [5.74, 6) is 0.464. The first-order valence-corrected chi connectivity index (χ1v) is 9.74. The molecule has 0 aliphatic carbocycles. The molecular formula is C21H25N3O3S. The highest BCUT2D eigenvalue weighted by Crippen LogP contribution is 2.19. The molecule has 2 N–H and O–H groups in total. The maximum Gasteiger partial charge on any atom is 0.257 e. The Labute approximate surface area is 170 Å². The van der Waals surface area contributed by atoms with Gasteiger partial charge < -0.3 is 19.7 Å². The van der Waals surface area contributed by atoms with Crippen LogP contribution in [-0.4, -0.2) is 43.4 Å². The van der Waals surface area contributed by atoms with Crippen LogP contribution in [0.1, 0.15) is 24.2 Å². The van der Waals surface area contributed by atoms with Crippen LogP contribution in [0.25, 0.3) is 0 Å². The summed E-state index contributed by atoms with van der Waals surface area (Å²) in [6.07, 6.45) is 0.0890. The molecule has 7 heteroatoms. The molecule has 2 aromatic carbocycles. The Kier molecular flexibility index (Phi) is 6.84. The first kappa shape index (κ1) is 20.1. The van der Waals surface area contributed by atoms with E-state index in [9.17, 15) is 4.79 Å². The van der Waals surface area contributed by atoms with Crippen molar-refractivity contribution < 1.29 is 14.3 Å². The molecule has 1 amide bonds. The smallest absolute Gasteiger partial charge is 0.257 e. The van der Waals surface area contributed by atoms with E-state index in [1.807, 2.05) is 38.1 Å². The molecule has 3 rings (SSSR count). The normalized spacial score (nSPS) is 13.9. The minimum absolute atomic E-state index is 0.0890. The molecule has 0 radical (unpaired) electrons. The summed E-state index contributed by atoms with van der Waals surface area (Å²) in [5, 5.41) is 5.99. The quantitative estimate of drug-likeness (QED) is 0.751. The van der Waals surface area contributed by atoms with E-state index in [0.29, 0.717) is 5.56 Å². The molecule has 2 aromatic rings. The highest BCUT2D eigenvalue weighted by atomic mass is 32.1. The van der Waals surface area contributed by atoms with E-state index in [1.165, 1.54) is 0 Å². The average molecular weight is 400 g/mol. The van der Waals surface area contributed by atoms with Crippen LogP contribution < -0.4 is 20.3 Å². The monoisotopic (exact) mass is 399 g/mol. The lowest BCUT2D eigenvalue weighted by Crippen LogP contribution is -2.36. The zero-order valence-corrected chi connectivity index (χ0v) is 16.9. The Morgan fingerprint density at radius 2 is 1.71 bits per heavy atom. The lowest BCUT2D eigenvalue weighted by molar-refractivity contribution is 0.0977. The molecule has 0 bridgehead atoms. The molecule has 1 saturated heterocycles. The molecule has 0 saturated carbocycles. The van der Waals surface area contributed by atoms with Crippen LogP contribution in [0.3, 0.4) is 0 Å². The number of ether oxygens (including phenoxy) is 2. The molecule has 1 heterocycles. The molecule has 0 aromatic heterocycles. The second-order valence-electron chi connectivity index (χ2n) is 6.75. The van der Waals surface area contributed by atoms with E-state index in [-0.39, 0.29) is 17.1 Å². The largest absolute Gasteiger partial charge is 0.491 e. The number of anilines is 2. The van der Waals surface area contributed by atoms with Gasteiger partial charge in [-0.15, -0.1) is 0 Å². The third kappa shape index (κ3) is 5.68. The van der Waals surface area contributed by atoms with Gasteiger partial charge in [0, 0.05) is 30.0 Å². The van der Waals surface area contributed by atoms with Crippen LogP contribution in [0.15, 0.2) is 48.5 Å². The van der Waals surface area contributed by atoms with Crippen molar-refractivity contribution in [1.82, 2.24) is 5.32 Å². The molecule has 1 aliphatic rings. The molecule has 6 nitrogen and oxygen atoms in total. The number of carbonyl (C=O) groups excluding carboxylic acids is 1. The van der Waals surface area contributed by atoms with Gasteiger partial charge in [-0.3, -0.25) is 10.1 Å². The van der Waals surface area contributed by atoms with E-state index in [2.05, 4.69) is 15.5 Å². The zero-order chi connectivity index (χ0) is 19.9. The van der Waals surface area contributed by atoms with Crippen LogP contribution in [-0.2, 0) is 4.74 Å². The standard InChI is InChI=1S/C21H25N3O3S/c1-15(2)27-19-9-3-16(4-10-19)20(25)23-21(28)22-17-5-7-18(8-6-17)24-11-13-26-14-12-24/h3-10,15H,11-14H2,1-2H3,(H2,22,23,25,28). The van der Waals surface area contributed by atoms with Crippen LogP contribution in [0, 0.1) is 0 Å². The Hall–Kier alpha value is -2.64. The lowest BCUT2D eigenvalue weighted by atomic mass is 10.2. The van der Waals surface area contributed by atoms with Crippen LogP contribution in [0.5, 0.6) is 5.75 Å². The topological polar surface area (TPSA) is 62.8 Å². The molecule has 28 heavy (non-hydrogen) atoms. The number of morpholine rings is 1. The molecule has 148 valence electrons. The van der Waals surface area contributed by atoms with Gasteiger partial charge in [-0.1, -0.05) is 0 Å². The van der Waals surface area contributed by atoms with Gasteiger partial charge in [-0.25, -0.2) is 0 Å². The third-order valence-electron chi connectivity index (χ3n) is 4.22. The number of hydrogen-bond donors (Lipinski definition) is 2. The molecule has 0 unspecified atom stereocenters. The summed E-state index contributed by atoms with van der Waals surface area (Å²) in [4.78, 5) is 14.6. The van der Waals surface area contributed by atoms with Crippen LogP contribution in [0.4, 0.5) is 11.4 Å². The minimum Gasteiger partial charge on any atom is -0.491 e. The van der Waals surface area contributed by atoms with Crippen molar-refractivity contribution in [1.29, 1.82) is 0 Å². The lowest BCUT2D eigenvalue weighted by Gasteiger charge is -2.28. The summed E-state index contributed by atoms with van der Waals surface area (Å²) < 4.78 is 11.0. The molecular weight excluding hydrogens is 374 g/mol. The summed E-state index contributed by atoms with van der Waals surface area (Å²) in [5.41, 5.74) is 2.48. The number of nitrogens with zero attached hydrogens (tertiary/aromatic N) is 1. The first-order chi connectivity index (χ1) is 13.5. The van der Waals surface area contributed by atoms with Gasteiger partial charge in [0.15, 0.2) is 5.11 Å². The van der Waals surface area contributed by atoms with Crippen molar-refractivity contribution >= 4 is 34.6 Å². The number of rotatable bonds is 5. The number of carbonyl (C=O) groups is 1. The first-order valence-electron chi connectivity index (χ1n) is 9.33. The maximum absolute atomic E-state index is 12.3. The van der Waals surface area contributed by atoms with Crippen molar-refractivity contribution in [2.75, 3.05) is 36.5 Å². The van der Waals surface area contributed by atoms with E-state index in [0.717, 1.165) is 43.4 Å². The van der Waals surface area contributed by atoms with Crippen molar-refractivity contribution in [3.8, 4) is 5.75 Å². The zero-order valence-electron chi connectivity index (χ0n) is 16.1. The predicted octanol–water partition coefficient (Wildman–Crippen LogP) is 3.44. The fourth-order valence-corrected chi connectivity index (χ4v) is 3.08. The van der Waals surface area contributed by atoms with Crippen molar-refractivity contribution in [2.24, 2.45) is 0 Å². The van der Waals surface area contributed by atoms with Gasteiger partial charge in [0.2, 0.25) is 0 Å². The number of benzene rings is 2. The van der Waals surface area contributed by atoms with Crippen molar-refractivity contribution in [2.45, 2.75) is 20.0 Å². The van der Waals surface area contributed by atoms with E-state index in [1.54, 1.807) is 24.3 Å². The Morgan fingerprint density at radius 1 is 1.07 bits per heavy atom. The van der Waals surface area contributed by atoms with Crippen LogP contribution >= 0.6 is 12.2 Å². The molecule has 0 atom stereocenters. The summed E-state index contributed by atoms with van der Waals surface area (Å²) in [7, 11) is 0. The Morgan fingerprint density at radius 3 is 2.32 bits per heavy atom. The summed E-state index contributed by atoms with van der Waals surface area (Å²) >= 11 is 5.26. The SMILES string of the molecule is CC(C)Oc1ccc(C(=O)NC(=S)Nc2ccc(N3CCOCC3)cc2)cc1. The maximum atomic E-state index is 12.3. The molecule has 0 spiro atoms. The third-order valence-corrected chi connectivity index (χ3v) is 4.42. The number of nitrogens with one attached hydrogen (secondary N) is 2. The van der Waals surface area contributed by atoms with E-state index >= 15 is 0 Å². The van der Waals surface area contributed by atoms with Gasteiger partial charge in [-0.2, -0.15) is 0 Å². The van der Waals surface area contributed by atoms with Crippen molar-refractivity contribution in [3.05, 3.63) is 54.1 Å². The number of thiocarbonyl (C=S) groups is 1. The number of amides is 1. The van der Waals surface area contributed by atoms with Gasteiger partial charge in [-0.05, 0) is 74.6 Å². The fraction of sp³-hybridized carbons (Fsp3) is 0.333. The van der Waals surface area contributed by atoms with E-state index in [4.69, 9.17) is 21.7 Å². The molecule has 1 fully saturated rings. The highest BCUT2D eigenvalue weighted by Gasteiger charge is 2.12. The van der Waals surface area contributed by atoms with Gasteiger partial charge in [0.25, 0.3) is 5.91 Å².